The zero-order chi connectivity index (χ0) is 20.9. The van der Waals surface area contributed by atoms with Crippen molar-refractivity contribution in [2.45, 2.75) is 11.2 Å². The molecule has 0 fully saturated rings. The number of hydrogen-bond acceptors (Lipinski definition) is 6. The molecule has 1 N–H and O–H groups in total. The van der Waals surface area contributed by atoms with Crippen LogP contribution in [0.15, 0.2) is 71.3 Å². The number of carbonyl (C=O) groups is 1. The fourth-order valence-electron chi connectivity index (χ4n) is 2.96. The smallest absolute Gasteiger partial charge is 0.231 e. The van der Waals surface area contributed by atoms with Crippen LogP contribution < -0.4 is 5.32 Å². The fourth-order valence-corrected chi connectivity index (χ4v) is 4.40. The largest absolute Gasteiger partial charge is 0.342 e. The Kier molecular flexibility index (Phi) is 6.20. The van der Waals surface area contributed by atoms with Crippen LogP contribution >= 0.6 is 23.1 Å². The first-order chi connectivity index (χ1) is 14.6. The average molecular weight is 440 g/mol. The minimum Gasteiger partial charge on any atom is -0.342 e. The van der Waals surface area contributed by atoms with Gasteiger partial charge in [0.05, 0.1) is 11.3 Å². The Hall–Kier alpha value is -3.04. The Labute approximate surface area is 181 Å². The summed E-state index contributed by atoms with van der Waals surface area (Å²) < 4.78 is 15.7. The van der Waals surface area contributed by atoms with E-state index in [-0.39, 0.29) is 23.5 Å². The van der Waals surface area contributed by atoms with Crippen molar-refractivity contribution in [3.63, 3.8) is 0 Å². The van der Waals surface area contributed by atoms with Crippen LogP contribution in [0.3, 0.4) is 0 Å². The van der Waals surface area contributed by atoms with Crippen molar-refractivity contribution in [3.05, 3.63) is 82.6 Å². The summed E-state index contributed by atoms with van der Waals surface area (Å²) in [6.45, 7) is 0. The maximum atomic E-state index is 14.1. The average Bonchev–Trinajstić information content (AvgIpc) is 3.42. The first-order valence-corrected chi connectivity index (χ1v) is 11.0. The second-order valence-corrected chi connectivity index (χ2v) is 8.28. The van der Waals surface area contributed by atoms with Gasteiger partial charge in [-0.1, -0.05) is 54.2 Å². The first-order valence-electron chi connectivity index (χ1n) is 9.14. The number of thioether (sulfide) groups is 1. The predicted octanol–water partition coefficient (Wildman–Crippen LogP) is 4.08. The zero-order valence-corrected chi connectivity index (χ0v) is 17.7. The molecule has 30 heavy (non-hydrogen) atoms. The van der Waals surface area contributed by atoms with E-state index in [0.29, 0.717) is 16.5 Å². The number of halogens is 1. The van der Waals surface area contributed by atoms with Gasteiger partial charge in [0.25, 0.3) is 0 Å². The molecule has 0 bridgehead atoms. The van der Waals surface area contributed by atoms with Crippen LogP contribution in [-0.4, -0.2) is 31.4 Å². The van der Waals surface area contributed by atoms with Gasteiger partial charge in [-0.15, -0.1) is 21.5 Å². The molecule has 0 aliphatic heterocycles. The summed E-state index contributed by atoms with van der Waals surface area (Å²) in [4.78, 5) is 17.0. The van der Waals surface area contributed by atoms with E-state index in [1.54, 1.807) is 36.0 Å². The number of benzene rings is 2. The minimum atomic E-state index is -0.364. The SMILES string of the molecule is Cn1c(SCC(=O)NC(c2ccccc2)c2nccs2)nnc1-c1ccccc1F. The molecule has 0 saturated heterocycles. The van der Waals surface area contributed by atoms with Crippen molar-refractivity contribution in [1.82, 2.24) is 25.1 Å². The number of nitrogens with one attached hydrogen (secondary N) is 1. The highest BCUT2D eigenvalue weighted by molar-refractivity contribution is 7.99. The van der Waals surface area contributed by atoms with Crippen LogP contribution in [-0.2, 0) is 11.8 Å². The lowest BCUT2D eigenvalue weighted by Crippen LogP contribution is -2.30. The van der Waals surface area contributed by atoms with Crippen molar-refractivity contribution >= 4 is 29.0 Å². The lowest BCUT2D eigenvalue weighted by molar-refractivity contribution is -0.119. The van der Waals surface area contributed by atoms with E-state index >= 15 is 0 Å². The van der Waals surface area contributed by atoms with E-state index in [9.17, 15) is 9.18 Å². The molecule has 6 nitrogen and oxygen atoms in total. The molecule has 9 heteroatoms. The van der Waals surface area contributed by atoms with E-state index < -0.39 is 0 Å². The molecular formula is C21H18FN5OS2. The van der Waals surface area contributed by atoms with Gasteiger partial charge in [0.2, 0.25) is 5.91 Å². The second-order valence-electron chi connectivity index (χ2n) is 6.42. The lowest BCUT2D eigenvalue weighted by atomic mass is 10.1. The lowest BCUT2D eigenvalue weighted by Gasteiger charge is -2.17. The van der Waals surface area contributed by atoms with Crippen molar-refractivity contribution in [3.8, 4) is 11.4 Å². The number of amides is 1. The Balaban J connectivity index is 1.45. The maximum Gasteiger partial charge on any atom is 0.231 e. The number of aromatic nitrogens is 4. The molecule has 2 aromatic carbocycles. The van der Waals surface area contributed by atoms with Crippen LogP contribution in [0.5, 0.6) is 0 Å². The molecule has 0 spiro atoms. The molecular weight excluding hydrogens is 421 g/mol. The van der Waals surface area contributed by atoms with E-state index in [0.717, 1.165) is 10.6 Å². The van der Waals surface area contributed by atoms with Gasteiger partial charge in [-0.25, -0.2) is 9.37 Å². The highest BCUT2D eigenvalue weighted by Crippen LogP contribution is 2.26. The van der Waals surface area contributed by atoms with E-state index in [4.69, 9.17) is 0 Å². The number of carbonyl (C=O) groups excluding carboxylic acids is 1. The molecule has 152 valence electrons. The standard InChI is InChI=1S/C21H18FN5OS2/c1-27-19(15-9-5-6-10-16(15)22)25-26-21(27)30-13-17(28)24-18(20-23-11-12-29-20)14-7-3-2-4-8-14/h2-12,18H,13H2,1H3,(H,24,28). The minimum absolute atomic E-state index is 0.151. The van der Waals surface area contributed by atoms with Crippen LogP contribution in [0.25, 0.3) is 11.4 Å². The van der Waals surface area contributed by atoms with Gasteiger partial charge in [-0.3, -0.25) is 4.79 Å². The quantitative estimate of drug-likeness (QED) is 0.440. The molecule has 0 saturated carbocycles. The number of hydrogen-bond donors (Lipinski definition) is 1. The Bertz CT molecular complexity index is 1130. The third kappa shape index (κ3) is 4.42. The van der Waals surface area contributed by atoms with E-state index in [1.165, 1.54) is 29.2 Å². The van der Waals surface area contributed by atoms with Crippen LogP contribution in [0, 0.1) is 5.82 Å². The molecule has 0 aliphatic rings. The monoisotopic (exact) mass is 439 g/mol. The van der Waals surface area contributed by atoms with Gasteiger partial charge in [0, 0.05) is 18.6 Å². The molecule has 2 heterocycles. The molecule has 0 aliphatic carbocycles. The molecule has 4 rings (SSSR count). The summed E-state index contributed by atoms with van der Waals surface area (Å²) in [6, 6.07) is 15.8. The normalized spacial score (nSPS) is 11.9. The highest BCUT2D eigenvalue weighted by Gasteiger charge is 2.20. The number of nitrogens with zero attached hydrogens (tertiary/aromatic N) is 4. The summed E-state index contributed by atoms with van der Waals surface area (Å²) in [7, 11) is 1.75. The molecule has 0 radical (unpaired) electrons. The molecule has 1 unspecified atom stereocenters. The van der Waals surface area contributed by atoms with Gasteiger partial charge in [0.15, 0.2) is 11.0 Å². The van der Waals surface area contributed by atoms with Crippen molar-refractivity contribution < 1.29 is 9.18 Å². The van der Waals surface area contributed by atoms with Gasteiger partial charge in [-0.2, -0.15) is 0 Å². The van der Waals surface area contributed by atoms with Crippen molar-refractivity contribution in [2.24, 2.45) is 7.05 Å². The van der Waals surface area contributed by atoms with E-state index in [1.807, 2.05) is 35.7 Å². The predicted molar refractivity (Wildman–Crippen MR) is 116 cm³/mol. The molecule has 4 aromatic rings. The molecule has 1 amide bonds. The third-order valence-corrected chi connectivity index (χ3v) is 6.28. The summed E-state index contributed by atoms with van der Waals surface area (Å²) in [6.07, 6.45) is 1.72. The zero-order valence-electron chi connectivity index (χ0n) is 16.0. The summed E-state index contributed by atoms with van der Waals surface area (Å²) in [5.41, 5.74) is 1.34. The number of thiazole rings is 1. The van der Waals surface area contributed by atoms with E-state index in [2.05, 4.69) is 20.5 Å². The van der Waals surface area contributed by atoms with Crippen LogP contribution in [0.2, 0.25) is 0 Å². The summed E-state index contributed by atoms with van der Waals surface area (Å²) in [5.74, 6) is 0.0507. The Morgan fingerprint density at radius 1 is 1.17 bits per heavy atom. The second kappa shape index (κ2) is 9.19. The molecule has 1 atom stereocenters. The van der Waals surface area contributed by atoms with Gasteiger partial charge in [0.1, 0.15) is 16.9 Å². The summed E-state index contributed by atoms with van der Waals surface area (Å²) >= 11 is 2.74. The van der Waals surface area contributed by atoms with Crippen molar-refractivity contribution in [2.75, 3.05) is 5.75 Å². The topological polar surface area (TPSA) is 72.7 Å². The third-order valence-electron chi connectivity index (χ3n) is 4.42. The number of rotatable bonds is 7. The first kappa shape index (κ1) is 20.2. The molecule has 2 aromatic heterocycles. The fraction of sp³-hybridized carbons (Fsp3) is 0.143. The van der Waals surface area contributed by atoms with Gasteiger partial charge in [-0.05, 0) is 17.7 Å². The van der Waals surface area contributed by atoms with Gasteiger partial charge < -0.3 is 9.88 Å². The van der Waals surface area contributed by atoms with Crippen LogP contribution in [0.1, 0.15) is 16.6 Å². The van der Waals surface area contributed by atoms with Gasteiger partial charge >= 0.3 is 0 Å². The van der Waals surface area contributed by atoms with Crippen LogP contribution in [0.4, 0.5) is 4.39 Å². The summed E-state index contributed by atoms with van der Waals surface area (Å²) in [5, 5.41) is 14.5. The Morgan fingerprint density at radius 3 is 2.67 bits per heavy atom. The Morgan fingerprint density at radius 2 is 1.93 bits per heavy atom. The highest BCUT2D eigenvalue weighted by atomic mass is 32.2. The maximum absolute atomic E-state index is 14.1. The van der Waals surface area contributed by atoms with Crippen molar-refractivity contribution in [1.29, 1.82) is 0 Å².